The number of hydrogen-bond acceptors (Lipinski definition) is 2. The Labute approximate surface area is 48.4 Å². The molecule has 0 aromatic heterocycles. The van der Waals surface area contributed by atoms with Gasteiger partial charge in [0.05, 0.1) is 0 Å². The smallest absolute Gasteiger partial charge is 0.115 e. The SMILES string of the molecule is Cl.Cl.SS. The summed E-state index contributed by atoms with van der Waals surface area (Å²) >= 11 is 6.44. The fourth-order valence-electron chi connectivity index (χ4n) is 0. The first kappa shape index (κ1) is 18.6. The summed E-state index contributed by atoms with van der Waals surface area (Å²) in [4.78, 5) is 0. The van der Waals surface area contributed by atoms with Crippen LogP contribution in [0.3, 0.4) is 0 Å². The van der Waals surface area contributed by atoms with Crippen molar-refractivity contribution in [3.63, 3.8) is 0 Å². The van der Waals surface area contributed by atoms with Crippen LogP contribution in [0.25, 0.3) is 0 Å². The molecular formula is H4Cl2S2. The van der Waals surface area contributed by atoms with Crippen molar-refractivity contribution in [2.24, 2.45) is 0 Å². The van der Waals surface area contributed by atoms with Gasteiger partial charge in [0.25, 0.3) is 0 Å². The molecule has 0 nitrogen and oxygen atoms in total. The Balaban J connectivity index is -0.00000000500. The summed E-state index contributed by atoms with van der Waals surface area (Å²) < 4.78 is 0. The van der Waals surface area contributed by atoms with Crippen LogP contribution in [0.2, 0.25) is 0 Å². The van der Waals surface area contributed by atoms with Crippen molar-refractivity contribution in [3.8, 4) is 0 Å². The minimum atomic E-state index is 0. The second-order valence-electron chi connectivity index (χ2n) is 0. The lowest BCUT2D eigenvalue weighted by Gasteiger charge is -1.11. The van der Waals surface area contributed by atoms with E-state index in [9.17, 15) is 0 Å². The monoisotopic (exact) mass is 138 g/mol. The molecule has 0 saturated heterocycles. The van der Waals surface area contributed by atoms with Crippen LogP contribution < -0.4 is 0 Å². The summed E-state index contributed by atoms with van der Waals surface area (Å²) in [5.41, 5.74) is 0. The Bertz CT molecular complexity index is 4.00. The van der Waals surface area contributed by atoms with Crippen molar-refractivity contribution in [2.45, 2.75) is 0 Å². The molecule has 0 aliphatic rings. The molecule has 0 N–H and O–H groups in total. The van der Waals surface area contributed by atoms with Crippen LogP contribution in [0.5, 0.6) is 0 Å². The van der Waals surface area contributed by atoms with Crippen molar-refractivity contribution in [1.82, 2.24) is 0 Å². The summed E-state index contributed by atoms with van der Waals surface area (Å²) in [5, 5.41) is 0. The maximum absolute atomic E-state index is 3.22. The zero-order valence-electron chi connectivity index (χ0n) is 1.71. The van der Waals surface area contributed by atoms with Gasteiger partial charge in [-0.05, 0) is 0 Å². The van der Waals surface area contributed by atoms with E-state index >= 15 is 0 Å². The molecule has 0 amide bonds. The van der Waals surface area contributed by atoms with E-state index in [-0.39, 0.29) is 24.8 Å². The summed E-state index contributed by atoms with van der Waals surface area (Å²) in [6, 6.07) is 0. The van der Waals surface area contributed by atoms with E-state index in [1.807, 2.05) is 0 Å². The number of thiol groups is 2. The third-order valence-electron chi connectivity index (χ3n) is 0. The Morgan fingerprint density at radius 1 is 0.750 bits per heavy atom. The normalized spacial score (nSPS) is 1.50. The molecule has 0 aliphatic heterocycles. The first-order valence-corrected chi connectivity index (χ1v) is 1.80. The molecule has 0 unspecified atom stereocenters. The van der Waals surface area contributed by atoms with Crippen LogP contribution in [0.4, 0.5) is 0 Å². The zero-order chi connectivity index (χ0) is 2.00. The van der Waals surface area contributed by atoms with E-state index in [0.717, 1.165) is 0 Å². The molecule has 0 fully saturated rings. The molecule has 4 heteroatoms. The highest BCUT2D eigenvalue weighted by Gasteiger charge is 0.885. The summed E-state index contributed by atoms with van der Waals surface area (Å²) in [6.07, 6.45) is 0. The predicted molar refractivity (Wildman–Crippen MR) is 32.5 cm³/mol. The van der Waals surface area contributed by atoms with Gasteiger partial charge in [0.2, 0.25) is 0 Å². The maximum Gasteiger partial charge on any atom is -0.115 e. The molecule has 0 aliphatic carbocycles. The molecule has 0 saturated carbocycles. The third kappa shape index (κ3) is 10.4. The van der Waals surface area contributed by atoms with E-state index in [0.29, 0.717) is 0 Å². The Morgan fingerprint density at radius 3 is 0.750 bits per heavy atom. The maximum atomic E-state index is 3.22. The van der Waals surface area contributed by atoms with Crippen LogP contribution in [0.15, 0.2) is 0 Å². The van der Waals surface area contributed by atoms with Gasteiger partial charge < -0.3 is 0 Å². The van der Waals surface area contributed by atoms with Gasteiger partial charge in [-0.3, -0.25) is 0 Å². The molecule has 0 spiro atoms. The summed E-state index contributed by atoms with van der Waals surface area (Å²) in [6.45, 7) is 0. The van der Waals surface area contributed by atoms with Crippen molar-refractivity contribution >= 4 is 48.1 Å². The second kappa shape index (κ2) is 28.1. The second-order valence-corrected chi connectivity index (χ2v) is 0. The summed E-state index contributed by atoms with van der Waals surface area (Å²) in [7, 11) is 0. The molecule has 0 aromatic carbocycles. The molecule has 0 radical (unpaired) electrons. The lowest BCUT2D eigenvalue weighted by Crippen LogP contribution is -0.352. The number of rotatable bonds is 0. The largest absolute Gasteiger partial charge is 0.147 e. The molecule has 0 aromatic rings. The van der Waals surface area contributed by atoms with Gasteiger partial charge in [0.15, 0.2) is 0 Å². The fraction of sp³-hybridized carbons (Fsp3) is 0. The van der Waals surface area contributed by atoms with Crippen molar-refractivity contribution in [1.29, 1.82) is 0 Å². The number of halogens is 2. The molecule has 30 valence electrons. The van der Waals surface area contributed by atoms with Crippen LogP contribution >= 0.6 is 48.1 Å². The van der Waals surface area contributed by atoms with Gasteiger partial charge in [0, 0.05) is 0 Å². The minimum absolute atomic E-state index is 0. The fourth-order valence-corrected chi connectivity index (χ4v) is 0. The molecule has 0 heterocycles. The van der Waals surface area contributed by atoms with Gasteiger partial charge >= 0.3 is 0 Å². The van der Waals surface area contributed by atoms with Gasteiger partial charge in [0.1, 0.15) is 0 Å². The molecular weight excluding hydrogens is 135 g/mol. The van der Waals surface area contributed by atoms with Crippen molar-refractivity contribution < 1.29 is 0 Å². The highest BCUT2D eigenvalue weighted by Crippen LogP contribution is 1.65. The first-order chi connectivity index (χ1) is 1.00. The Morgan fingerprint density at radius 2 is 0.750 bits per heavy atom. The molecule has 0 atom stereocenters. The first-order valence-electron chi connectivity index (χ1n) is 0.200. The van der Waals surface area contributed by atoms with Gasteiger partial charge in [-0.1, -0.05) is 0 Å². The third-order valence-corrected chi connectivity index (χ3v) is 0. The van der Waals surface area contributed by atoms with E-state index in [1.165, 1.54) is 0 Å². The molecule has 0 bridgehead atoms. The highest BCUT2D eigenvalue weighted by molar-refractivity contribution is 8.59. The average Bonchev–Trinajstić information content (AvgIpc) is 1.00. The molecule has 4 heavy (non-hydrogen) atoms. The topological polar surface area (TPSA) is 0 Å². The lowest BCUT2D eigenvalue weighted by atomic mass is 31.1. The average molecular weight is 139 g/mol. The van der Waals surface area contributed by atoms with E-state index in [4.69, 9.17) is 0 Å². The van der Waals surface area contributed by atoms with Crippen molar-refractivity contribution in [2.75, 3.05) is 0 Å². The van der Waals surface area contributed by atoms with Crippen LogP contribution in [-0.4, -0.2) is 0 Å². The van der Waals surface area contributed by atoms with E-state index in [2.05, 4.69) is 23.3 Å². The van der Waals surface area contributed by atoms with Gasteiger partial charge in [-0.15, -0.1) is 48.1 Å². The van der Waals surface area contributed by atoms with Crippen LogP contribution in [0.1, 0.15) is 0 Å². The van der Waals surface area contributed by atoms with Gasteiger partial charge in [-0.2, -0.15) is 0 Å². The predicted octanol–water partition coefficient (Wildman–Crippen LogP) is 1.60. The summed E-state index contributed by atoms with van der Waals surface area (Å²) in [5.74, 6) is 0. The minimum Gasteiger partial charge on any atom is -0.147 e. The molecule has 0 rings (SSSR count). The standard InChI is InChI=1S/2ClH.H2S2/c;;1-2/h2*1H;1-2H. The van der Waals surface area contributed by atoms with E-state index in [1.54, 1.807) is 0 Å². The Kier molecular flexibility index (Phi) is 131. The van der Waals surface area contributed by atoms with Crippen LogP contribution in [-0.2, 0) is 0 Å². The number of hydrogen-bond donors (Lipinski definition) is 2. The quantitative estimate of drug-likeness (QED) is 0.369. The van der Waals surface area contributed by atoms with Gasteiger partial charge in [-0.25, -0.2) is 0 Å². The lowest BCUT2D eigenvalue weighted by molar-refractivity contribution is 5.85. The van der Waals surface area contributed by atoms with Crippen LogP contribution in [0, 0.1) is 0 Å². The van der Waals surface area contributed by atoms with E-state index < -0.39 is 0 Å². The zero-order valence-corrected chi connectivity index (χ0v) is 5.13. The Hall–Kier alpha value is 1.28. The van der Waals surface area contributed by atoms with Crippen molar-refractivity contribution in [3.05, 3.63) is 0 Å². The highest BCUT2D eigenvalue weighted by atomic mass is 35.5.